The Kier molecular flexibility index (Phi) is 6.93. The number of hydrogen-bond acceptors (Lipinski definition) is 6. The van der Waals surface area contributed by atoms with Crippen LogP contribution in [0.3, 0.4) is 0 Å². The molecule has 0 aliphatic heterocycles. The number of nitrogens with zero attached hydrogens (tertiary/aromatic N) is 3. The number of carbonyl (C=O) groups excluding carboxylic acids is 1. The van der Waals surface area contributed by atoms with Crippen molar-refractivity contribution in [2.45, 2.75) is 39.3 Å². The lowest BCUT2D eigenvalue weighted by atomic mass is 10.3. The topological polar surface area (TPSA) is 66.2 Å². The average Bonchev–Trinajstić information content (AvgIpc) is 3.18. The van der Waals surface area contributed by atoms with Gasteiger partial charge in [-0.15, -0.1) is 11.3 Å². The molecule has 0 aliphatic rings. The van der Waals surface area contributed by atoms with Crippen LogP contribution in [0.4, 0.5) is 0 Å². The molecule has 0 amide bonds. The highest BCUT2D eigenvalue weighted by atomic mass is 32.1. The standard InChI is InChI=1S/C17H23N3O3SSi/c1-5-23-17(21)16-15(24-12-18-16)7-6-14-10-19-20(11-14)13-22-8-9-25(2,3)4/h10-12H,5,8-9,13H2,1-4H3. The van der Waals surface area contributed by atoms with E-state index in [1.54, 1.807) is 23.3 Å². The summed E-state index contributed by atoms with van der Waals surface area (Å²) in [6.07, 6.45) is 3.51. The van der Waals surface area contributed by atoms with E-state index in [1.165, 1.54) is 11.3 Å². The third-order valence-electron chi connectivity index (χ3n) is 3.21. The first-order chi connectivity index (χ1) is 11.9. The van der Waals surface area contributed by atoms with E-state index in [2.05, 4.69) is 41.6 Å². The first-order valence-corrected chi connectivity index (χ1v) is 12.7. The van der Waals surface area contributed by atoms with E-state index in [9.17, 15) is 4.79 Å². The van der Waals surface area contributed by atoms with E-state index in [0.29, 0.717) is 18.2 Å². The number of esters is 1. The Morgan fingerprint density at radius 3 is 2.88 bits per heavy atom. The van der Waals surface area contributed by atoms with E-state index in [1.807, 2.05) is 6.20 Å². The van der Waals surface area contributed by atoms with Crippen LogP contribution in [0, 0.1) is 11.8 Å². The SMILES string of the molecule is CCOC(=O)c1ncsc1C#Cc1cnn(COCC[Si](C)(C)C)c1. The fourth-order valence-electron chi connectivity index (χ4n) is 1.84. The third-order valence-corrected chi connectivity index (χ3v) is 5.66. The van der Waals surface area contributed by atoms with E-state index < -0.39 is 14.0 Å². The number of thiazole rings is 1. The van der Waals surface area contributed by atoms with Gasteiger partial charge in [0.05, 0.1) is 23.9 Å². The molecule has 0 N–H and O–H groups in total. The van der Waals surface area contributed by atoms with Crippen LogP contribution in [0.1, 0.15) is 27.9 Å². The van der Waals surface area contributed by atoms with Crippen molar-refractivity contribution in [2.24, 2.45) is 0 Å². The Morgan fingerprint density at radius 2 is 2.16 bits per heavy atom. The highest BCUT2D eigenvalue weighted by Crippen LogP contribution is 2.13. The summed E-state index contributed by atoms with van der Waals surface area (Å²) in [4.78, 5) is 16.4. The Balaban J connectivity index is 1.93. The summed E-state index contributed by atoms with van der Waals surface area (Å²) in [5.41, 5.74) is 2.62. The lowest BCUT2D eigenvalue weighted by molar-refractivity contribution is 0.0520. The molecule has 0 fully saturated rings. The summed E-state index contributed by atoms with van der Waals surface area (Å²) in [7, 11) is -1.07. The Labute approximate surface area is 153 Å². The molecule has 2 aromatic rings. The fourth-order valence-corrected chi connectivity index (χ4v) is 3.22. The molecule has 6 nitrogen and oxygen atoms in total. The van der Waals surface area contributed by atoms with Crippen molar-refractivity contribution in [3.8, 4) is 11.8 Å². The van der Waals surface area contributed by atoms with Crippen molar-refractivity contribution >= 4 is 25.4 Å². The molecule has 2 aromatic heterocycles. The minimum atomic E-state index is -1.07. The largest absolute Gasteiger partial charge is 0.461 e. The monoisotopic (exact) mass is 377 g/mol. The maximum atomic E-state index is 11.8. The van der Waals surface area contributed by atoms with Gasteiger partial charge in [0.1, 0.15) is 11.6 Å². The molecule has 0 bridgehead atoms. The molecule has 0 atom stereocenters. The quantitative estimate of drug-likeness (QED) is 0.321. The molecule has 0 aromatic carbocycles. The van der Waals surface area contributed by atoms with Gasteiger partial charge in [0.2, 0.25) is 0 Å². The molecule has 2 heterocycles. The molecule has 0 radical (unpaired) electrons. The minimum Gasteiger partial charge on any atom is -0.461 e. The second kappa shape index (κ2) is 8.94. The normalized spacial score (nSPS) is 11.0. The average molecular weight is 378 g/mol. The molecular formula is C17H23N3O3SSi. The highest BCUT2D eigenvalue weighted by Gasteiger charge is 2.14. The molecule has 8 heteroatoms. The first-order valence-electron chi connectivity index (χ1n) is 8.12. The van der Waals surface area contributed by atoms with Gasteiger partial charge in [0.15, 0.2) is 5.69 Å². The molecule has 0 saturated carbocycles. The van der Waals surface area contributed by atoms with E-state index in [0.717, 1.165) is 18.2 Å². The number of carbonyl (C=O) groups is 1. The van der Waals surface area contributed by atoms with Gasteiger partial charge in [-0.2, -0.15) is 5.10 Å². The second-order valence-corrected chi connectivity index (χ2v) is 13.1. The zero-order valence-electron chi connectivity index (χ0n) is 15.0. The zero-order valence-corrected chi connectivity index (χ0v) is 16.9. The Bertz CT molecular complexity index is 768. The van der Waals surface area contributed by atoms with Crippen molar-refractivity contribution in [3.05, 3.63) is 34.0 Å². The van der Waals surface area contributed by atoms with Crippen LogP contribution in [-0.2, 0) is 16.2 Å². The first kappa shape index (κ1) is 19.4. The van der Waals surface area contributed by atoms with Gasteiger partial charge in [-0.3, -0.25) is 0 Å². The number of hydrogen-bond donors (Lipinski definition) is 0. The van der Waals surface area contributed by atoms with Crippen molar-refractivity contribution in [1.29, 1.82) is 0 Å². The Hall–Kier alpha value is -1.95. The van der Waals surface area contributed by atoms with E-state index in [4.69, 9.17) is 9.47 Å². The van der Waals surface area contributed by atoms with Crippen LogP contribution in [-0.4, -0.2) is 42.0 Å². The summed E-state index contributed by atoms with van der Waals surface area (Å²) in [5.74, 6) is 5.52. The minimum absolute atomic E-state index is 0.265. The van der Waals surface area contributed by atoms with Crippen LogP contribution in [0.5, 0.6) is 0 Å². The predicted octanol–water partition coefficient (Wildman–Crippen LogP) is 3.23. The van der Waals surface area contributed by atoms with E-state index in [-0.39, 0.29) is 5.69 Å². The predicted molar refractivity (Wildman–Crippen MR) is 100 cm³/mol. The summed E-state index contributed by atoms with van der Waals surface area (Å²) in [6.45, 7) is 10.2. The van der Waals surface area contributed by atoms with Crippen LogP contribution in [0.25, 0.3) is 0 Å². The molecule has 25 heavy (non-hydrogen) atoms. The fraction of sp³-hybridized carbons (Fsp3) is 0.471. The van der Waals surface area contributed by atoms with Crippen molar-refractivity contribution in [2.75, 3.05) is 13.2 Å². The number of ether oxygens (including phenoxy) is 2. The van der Waals surface area contributed by atoms with Gasteiger partial charge in [0.25, 0.3) is 0 Å². The lowest BCUT2D eigenvalue weighted by Gasteiger charge is -2.15. The smallest absolute Gasteiger partial charge is 0.359 e. The molecule has 0 unspecified atom stereocenters. The molecule has 134 valence electrons. The lowest BCUT2D eigenvalue weighted by Crippen LogP contribution is -2.22. The number of aromatic nitrogens is 3. The van der Waals surface area contributed by atoms with Crippen LogP contribution >= 0.6 is 11.3 Å². The molecule has 0 saturated heterocycles. The second-order valence-electron chi connectivity index (χ2n) is 6.62. The van der Waals surface area contributed by atoms with Crippen LogP contribution in [0.2, 0.25) is 25.7 Å². The molecule has 0 spiro atoms. The highest BCUT2D eigenvalue weighted by molar-refractivity contribution is 7.10. The zero-order chi connectivity index (χ0) is 18.3. The van der Waals surface area contributed by atoms with Crippen LogP contribution in [0.15, 0.2) is 17.9 Å². The Morgan fingerprint density at radius 1 is 1.36 bits per heavy atom. The van der Waals surface area contributed by atoms with Gasteiger partial charge >= 0.3 is 5.97 Å². The summed E-state index contributed by atoms with van der Waals surface area (Å²) >= 11 is 1.32. The number of rotatable bonds is 7. The van der Waals surface area contributed by atoms with Crippen molar-refractivity contribution < 1.29 is 14.3 Å². The van der Waals surface area contributed by atoms with Gasteiger partial charge in [-0.1, -0.05) is 25.6 Å². The maximum absolute atomic E-state index is 11.8. The van der Waals surface area contributed by atoms with Gasteiger partial charge in [-0.25, -0.2) is 14.5 Å². The van der Waals surface area contributed by atoms with Crippen molar-refractivity contribution in [1.82, 2.24) is 14.8 Å². The van der Waals surface area contributed by atoms with Crippen molar-refractivity contribution in [3.63, 3.8) is 0 Å². The van der Waals surface area contributed by atoms with Gasteiger partial charge < -0.3 is 9.47 Å². The van der Waals surface area contributed by atoms with Gasteiger partial charge in [-0.05, 0) is 18.9 Å². The molecule has 2 rings (SSSR count). The van der Waals surface area contributed by atoms with Crippen LogP contribution < -0.4 is 0 Å². The van der Waals surface area contributed by atoms with E-state index >= 15 is 0 Å². The molecule has 0 aliphatic carbocycles. The summed E-state index contributed by atoms with van der Waals surface area (Å²) < 4.78 is 12.3. The van der Waals surface area contributed by atoms with Gasteiger partial charge in [0, 0.05) is 20.9 Å². The summed E-state index contributed by atoms with van der Waals surface area (Å²) in [6, 6.07) is 1.13. The third kappa shape index (κ3) is 6.46. The maximum Gasteiger partial charge on any atom is 0.359 e. The molecular weight excluding hydrogens is 354 g/mol. The summed E-state index contributed by atoms with van der Waals surface area (Å²) in [5, 5.41) is 4.23.